The Labute approximate surface area is 206 Å². The molecule has 6 nitrogen and oxygen atoms in total. The van der Waals surface area contributed by atoms with Gasteiger partial charge in [-0.2, -0.15) is 0 Å². The van der Waals surface area contributed by atoms with Crippen LogP contribution in [-0.4, -0.2) is 29.1 Å². The van der Waals surface area contributed by atoms with E-state index in [1.165, 1.54) is 0 Å². The first kappa shape index (κ1) is 23.1. The van der Waals surface area contributed by atoms with Crippen LogP contribution in [0.2, 0.25) is 0 Å². The van der Waals surface area contributed by atoms with Crippen LogP contribution in [0.4, 0.5) is 4.79 Å². The van der Waals surface area contributed by atoms with E-state index in [1.807, 2.05) is 57.2 Å². The summed E-state index contributed by atoms with van der Waals surface area (Å²) >= 11 is 0. The summed E-state index contributed by atoms with van der Waals surface area (Å²) in [5, 5.41) is 6.04. The average Bonchev–Trinajstić information content (AvgIpc) is 2.81. The predicted molar refractivity (Wildman–Crippen MR) is 136 cm³/mol. The summed E-state index contributed by atoms with van der Waals surface area (Å²) < 4.78 is 5.52. The van der Waals surface area contributed by atoms with E-state index >= 15 is 0 Å². The van der Waals surface area contributed by atoms with Crippen molar-refractivity contribution in [3.05, 3.63) is 77.5 Å². The Morgan fingerprint density at radius 2 is 1.71 bits per heavy atom. The fourth-order valence-corrected chi connectivity index (χ4v) is 4.85. The number of nitrogens with zero attached hydrogens (tertiary/aromatic N) is 1. The maximum absolute atomic E-state index is 12.5. The van der Waals surface area contributed by atoms with Crippen LogP contribution in [-0.2, 0) is 16.7 Å². The van der Waals surface area contributed by atoms with Gasteiger partial charge in [0.05, 0.1) is 22.5 Å². The van der Waals surface area contributed by atoms with Crippen molar-refractivity contribution in [2.75, 3.05) is 6.54 Å². The number of nitrogens with one attached hydrogen (secondary N) is 2. The van der Waals surface area contributed by atoms with Crippen molar-refractivity contribution < 1.29 is 14.3 Å². The number of fused-ring (bicyclic) bond motifs is 1. The first-order chi connectivity index (χ1) is 16.7. The molecule has 1 aromatic heterocycles. The lowest BCUT2D eigenvalue weighted by molar-refractivity contribution is 0.0377. The maximum atomic E-state index is 12.5. The van der Waals surface area contributed by atoms with Crippen LogP contribution in [0, 0.1) is 0 Å². The van der Waals surface area contributed by atoms with Crippen molar-refractivity contribution in [2.45, 2.75) is 57.6 Å². The lowest BCUT2D eigenvalue weighted by Crippen LogP contribution is -2.52. The second-order valence-electron chi connectivity index (χ2n) is 10.4. The van der Waals surface area contributed by atoms with Gasteiger partial charge in [0.1, 0.15) is 5.60 Å². The molecule has 0 atom stereocenters. The van der Waals surface area contributed by atoms with E-state index in [0.717, 1.165) is 52.9 Å². The van der Waals surface area contributed by atoms with Crippen LogP contribution in [0.15, 0.2) is 60.7 Å². The minimum atomic E-state index is -0.540. The molecule has 6 heteroatoms. The second-order valence-corrected chi connectivity index (χ2v) is 10.4. The van der Waals surface area contributed by atoms with Gasteiger partial charge in [-0.3, -0.25) is 9.78 Å². The molecule has 180 valence electrons. The highest BCUT2D eigenvalue weighted by molar-refractivity contribution is 5.99. The van der Waals surface area contributed by atoms with Crippen molar-refractivity contribution in [1.29, 1.82) is 0 Å². The first-order valence-corrected chi connectivity index (χ1v) is 12.2. The minimum Gasteiger partial charge on any atom is -0.444 e. The SMILES string of the molecule is CC(C)(C)OC(=O)NC1(c2ccc(-c3nc4c(cc3-c3ccccc3)C(=O)NCC4)cc2)CCC1. The molecule has 3 aromatic rings. The number of hydrogen-bond donors (Lipinski definition) is 2. The molecule has 1 aliphatic heterocycles. The van der Waals surface area contributed by atoms with E-state index in [-0.39, 0.29) is 12.0 Å². The van der Waals surface area contributed by atoms with Crippen LogP contribution < -0.4 is 10.6 Å². The number of carbonyl (C=O) groups is 2. The molecule has 0 unspecified atom stereocenters. The molecule has 0 spiro atoms. The van der Waals surface area contributed by atoms with Crippen LogP contribution in [0.5, 0.6) is 0 Å². The Kier molecular flexibility index (Phi) is 5.83. The summed E-state index contributed by atoms with van der Waals surface area (Å²) in [5.74, 6) is -0.0713. The number of rotatable bonds is 4. The molecule has 35 heavy (non-hydrogen) atoms. The molecule has 2 aliphatic rings. The molecule has 2 heterocycles. The van der Waals surface area contributed by atoms with Gasteiger partial charge in [-0.05, 0) is 57.2 Å². The van der Waals surface area contributed by atoms with Gasteiger partial charge in [-0.15, -0.1) is 0 Å². The number of hydrogen-bond acceptors (Lipinski definition) is 4. The fourth-order valence-electron chi connectivity index (χ4n) is 4.85. The zero-order valence-corrected chi connectivity index (χ0v) is 20.5. The Bertz CT molecular complexity index is 1260. The predicted octanol–water partition coefficient (Wildman–Crippen LogP) is 5.61. The molecule has 2 N–H and O–H groups in total. The highest BCUT2D eigenvalue weighted by Gasteiger charge is 2.41. The molecule has 0 bridgehead atoms. The number of alkyl carbamates (subject to hydrolysis) is 1. The Hall–Kier alpha value is -3.67. The van der Waals surface area contributed by atoms with Gasteiger partial charge in [0.2, 0.25) is 0 Å². The molecular formula is C29H31N3O3. The number of carbonyl (C=O) groups excluding carboxylic acids is 2. The van der Waals surface area contributed by atoms with Crippen molar-refractivity contribution in [3.63, 3.8) is 0 Å². The minimum absolute atomic E-state index is 0.0713. The maximum Gasteiger partial charge on any atom is 0.408 e. The van der Waals surface area contributed by atoms with E-state index in [4.69, 9.17) is 9.72 Å². The summed E-state index contributed by atoms with van der Waals surface area (Å²) in [7, 11) is 0. The van der Waals surface area contributed by atoms with Gasteiger partial charge in [0, 0.05) is 24.1 Å². The largest absolute Gasteiger partial charge is 0.444 e. The van der Waals surface area contributed by atoms with Gasteiger partial charge >= 0.3 is 6.09 Å². The van der Waals surface area contributed by atoms with Crippen LogP contribution in [0.1, 0.15) is 61.6 Å². The smallest absolute Gasteiger partial charge is 0.408 e. The third-order valence-electron chi connectivity index (χ3n) is 6.74. The van der Waals surface area contributed by atoms with Crippen molar-refractivity contribution in [2.24, 2.45) is 0 Å². The van der Waals surface area contributed by atoms with Gasteiger partial charge < -0.3 is 15.4 Å². The van der Waals surface area contributed by atoms with E-state index in [9.17, 15) is 9.59 Å². The second kappa shape index (κ2) is 8.84. The summed E-state index contributed by atoms with van der Waals surface area (Å²) in [5.41, 5.74) is 5.39. The normalized spacial score (nSPS) is 16.5. The van der Waals surface area contributed by atoms with Crippen LogP contribution in [0.25, 0.3) is 22.4 Å². The quantitative estimate of drug-likeness (QED) is 0.521. The Morgan fingerprint density at radius 1 is 1.00 bits per heavy atom. The monoisotopic (exact) mass is 469 g/mol. The molecular weight excluding hydrogens is 438 g/mol. The summed E-state index contributed by atoms with van der Waals surface area (Å²) in [6.45, 7) is 6.21. The van der Waals surface area contributed by atoms with Crippen molar-refractivity contribution in [1.82, 2.24) is 15.6 Å². The molecule has 0 radical (unpaired) electrons. The van der Waals surface area contributed by atoms with Gasteiger partial charge in [-0.25, -0.2) is 4.79 Å². The molecule has 1 saturated carbocycles. The summed E-state index contributed by atoms with van der Waals surface area (Å²) in [4.78, 5) is 30.0. The Morgan fingerprint density at radius 3 is 2.34 bits per heavy atom. The van der Waals surface area contributed by atoms with Gasteiger partial charge in [0.25, 0.3) is 5.91 Å². The number of pyridine rings is 1. The van der Waals surface area contributed by atoms with E-state index < -0.39 is 11.1 Å². The van der Waals surface area contributed by atoms with E-state index in [2.05, 4.69) is 34.9 Å². The van der Waals surface area contributed by atoms with Crippen molar-refractivity contribution >= 4 is 12.0 Å². The van der Waals surface area contributed by atoms with Crippen LogP contribution in [0.3, 0.4) is 0 Å². The topological polar surface area (TPSA) is 80.3 Å². The molecule has 0 saturated heterocycles. The number of aromatic nitrogens is 1. The lowest BCUT2D eigenvalue weighted by Gasteiger charge is -2.43. The van der Waals surface area contributed by atoms with E-state index in [1.54, 1.807) is 0 Å². The zero-order chi connectivity index (χ0) is 24.6. The summed E-state index contributed by atoms with van der Waals surface area (Å²) in [6.07, 6.45) is 3.15. The third kappa shape index (κ3) is 4.65. The van der Waals surface area contributed by atoms with E-state index in [0.29, 0.717) is 18.5 Å². The van der Waals surface area contributed by atoms with Gasteiger partial charge in [-0.1, -0.05) is 54.6 Å². The number of ether oxygens (including phenoxy) is 1. The standard InChI is InChI=1S/C29H31N3O3/c1-28(2,3)35-27(34)32-29(15-7-16-29)21-12-10-20(11-13-21)25-22(19-8-5-4-6-9-19)18-23-24(31-25)14-17-30-26(23)33/h4-6,8-13,18H,7,14-17H2,1-3H3,(H,30,33)(H,32,34). The zero-order valence-electron chi connectivity index (χ0n) is 20.5. The molecule has 1 fully saturated rings. The van der Waals surface area contributed by atoms with Crippen LogP contribution >= 0.6 is 0 Å². The van der Waals surface area contributed by atoms with Crippen molar-refractivity contribution in [3.8, 4) is 22.4 Å². The number of amides is 2. The average molecular weight is 470 g/mol. The summed E-state index contributed by atoms with van der Waals surface area (Å²) in [6, 6.07) is 20.3. The molecule has 5 rings (SSSR count). The van der Waals surface area contributed by atoms with Gasteiger partial charge in [0.15, 0.2) is 0 Å². The highest BCUT2D eigenvalue weighted by atomic mass is 16.6. The molecule has 1 aliphatic carbocycles. The highest BCUT2D eigenvalue weighted by Crippen LogP contribution is 2.42. The molecule has 2 amide bonds. The third-order valence-corrected chi connectivity index (χ3v) is 6.74. The lowest BCUT2D eigenvalue weighted by atomic mass is 9.71. The number of benzene rings is 2. The first-order valence-electron chi connectivity index (χ1n) is 12.2. The Balaban J connectivity index is 1.50. The molecule has 2 aromatic carbocycles. The fraction of sp³-hybridized carbons (Fsp3) is 0.345.